The summed E-state index contributed by atoms with van der Waals surface area (Å²) in [6.07, 6.45) is -1.11. The zero-order chi connectivity index (χ0) is 17.9. The molecule has 0 spiro atoms. The Bertz CT molecular complexity index is 782. The number of carbonyl (C=O) groups is 2. The van der Waals surface area contributed by atoms with Crippen molar-refractivity contribution in [1.29, 1.82) is 0 Å². The maximum absolute atomic E-state index is 12.8. The molecule has 0 heterocycles. The fourth-order valence-corrected chi connectivity index (χ4v) is 2.30. The van der Waals surface area contributed by atoms with Crippen LogP contribution in [0.15, 0.2) is 36.4 Å². The molecule has 126 valence electrons. The highest BCUT2D eigenvalue weighted by molar-refractivity contribution is 6.37. The second-order valence-electron chi connectivity index (χ2n) is 4.89. The van der Waals surface area contributed by atoms with Crippen LogP contribution in [-0.2, 0) is 9.53 Å². The molecule has 0 aromatic heterocycles. The first-order chi connectivity index (χ1) is 11.3. The first-order valence-electron chi connectivity index (χ1n) is 6.80. The standard InChI is InChI=1S/C16H13Cl2FN2O3/c1-8(15(22)21-11-4-2-10(19)3-5-11)24-16(23)12-6-9(17)7-13(18)14(12)20/h2-8H,20H2,1H3,(H,21,22)/t8-/m0/s1. The second kappa shape index (κ2) is 7.51. The van der Waals surface area contributed by atoms with E-state index in [2.05, 4.69) is 5.32 Å². The minimum atomic E-state index is -1.11. The Morgan fingerprint density at radius 2 is 1.83 bits per heavy atom. The van der Waals surface area contributed by atoms with E-state index in [-0.39, 0.29) is 21.3 Å². The van der Waals surface area contributed by atoms with Gasteiger partial charge in [0.05, 0.1) is 16.3 Å². The van der Waals surface area contributed by atoms with Gasteiger partial charge in [0.25, 0.3) is 5.91 Å². The Labute approximate surface area is 147 Å². The molecule has 1 amide bonds. The topological polar surface area (TPSA) is 81.4 Å². The number of amides is 1. The van der Waals surface area contributed by atoms with Crippen LogP contribution in [0.5, 0.6) is 0 Å². The van der Waals surface area contributed by atoms with E-state index < -0.39 is 23.8 Å². The summed E-state index contributed by atoms with van der Waals surface area (Å²) in [5, 5.41) is 2.82. The second-order valence-corrected chi connectivity index (χ2v) is 5.74. The lowest BCUT2D eigenvalue weighted by atomic mass is 10.2. The molecule has 0 saturated heterocycles. The van der Waals surface area contributed by atoms with E-state index in [1.165, 1.54) is 43.3 Å². The summed E-state index contributed by atoms with van der Waals surface area (Å²) in [7, 11) is 0. The third kappa shape index (κ3) is 4.37. The molecule has 3 N–H and O–H groups in total. The molecule has 2 aromatic rings. The first-order valence-corrected chi connectivity index (χ1v) is 7.55. The quantitative estimate of drug-likeness (QED) is 0.631. The molecule has 2 rings (SSSR count). The minimum Gasteiger partial charge on any atom is -0.449 e. The van der Waals surface area contributed by atoms with E-state index in [1.807, 2.05) is 0 Å². The summed E-state index contributed by atoms with van der Waals surface area (Å²) in [5.74, 6) is -1.85. The van der Waals surface area contributed by atoms with Gasteiger partial charge in [-0.1, -0.05) is 23.2 Å². The van der Waals surface area contributed by atoms with Crippen LogP contribution in [0, 0.1) is 5.82 Å². The number of carbonyl (C=O) groups excluding carboxylic acids is 2. The van der Waals surface area contributed by atoms with Crippen molar-refractivity contribution in [1.82, 2.24) is 0 Å². The fourth-order valence-electron chi connectivity index (χ4n) is 1.81. The number of nitrogens with one attached hydrogen (secondary N) is 1. The average molecular weight is 371 g/mol. The van der Waals surface area contributed by atoms with Gasteiger partial charge in [-0.15, -0.1) is 0 Å². The summed E-state index contributed by atoms with van der Waals surface area (Å²) >= 11 is 11.7. The van der Waals surface area contributed by atoms with Gasteiger partial charge in [0.2, 0.25) is 0 Å². The molecular weight excluding hydrogens is 358 g/mol. The summed E-state index contributed by atoms with van der Waals surface area (Å²) in [5.41, 5.74) is 6.06. The average Bonchev–Trinajstić information content (AvgIpc) is 2.52. The zero-order valence-corrected chi connectivity index (χ0v) is 14.0. The van der Waals surface area contributed by atoms with Crippen molar-refractivity contribution < 1.29 is 18.7 Å². The number of hydrogen-bond donors (Lipinski definition) is 2. The van der Waals surface area contributed by atoms with E-state index in [4.69, 9.17) is 33.7 Å². The van der Waals surface area contributed by atoms with Gasteiger partial charge in [-0.2, -0.15) is 0 Å². The Morgan fingerprint density at radius 1 is 1.21 bits per heavy atom. The summed E-state index contributed by atoms with van der Waals surface area (Å²) in [6, 6.07) is 7.85. The number of benzene rings is 2. The van der Waals surface area contributed by atoms with E-state index in [0.717, 1.165) is 0 Å². The van der Waals surface area contributed by atoms with Crippen LogP contribution in [0.3, 0.4) is 0 Å². The Kier molecular flexibility index (Phi) is 5.64. The van der Waals surface area contributed by atoms with Crippen LogP contribution >= 0.6 is 23.2 Å². The summed E-state index contributed by atoms with van der Waals surface area (Å²) < 4.78 is 17.9. The van der Waals surface area contributed by atoms with Gasteiger partial charge in [0.15, 0.2) is 6.10 Å². The molecule has 0 unspecified atom stereocenters. The highest BCUT2D eigenvalue weighted by atomic mass is 35.5. The monoisotopic (exact) mass is 370 g/mol. The van der Waals surface area contributed by atoms with Gasteiger partial charge in [0.1, 0.15) is 5.82 Å². The third-order valence-electron chi connectivity index (χ3n) is 3.08. The van der Waals surface area contributed by atoms with Gasteiger partial charge in [-0.3, -0.25) is 4.79 Å². The van der Waals surface area contributed by atoms with Gasteiger partial charge in [-0.05, 0) is 43.3 Å². The fraction of sp³-hybridized carbons (Fsp3) is 0.125. The molecular formula is C16H13Cl2FN2O3. The molecule has 0 aliphatic rings. The molecule has 0 bridgehead atoms. The van der Waals surface area contributed by atoms with Crippen molar-refractivity contribution >= 4 is 46.5 Å². The Morgan fingerprint density at radius 3 is 2.46 bits per heavy atom. The molecule has 0 radical (unpaired) electrons. The van der Waals surface area contributed by atoms with Crippen LogP contribution in [0.4, 0.5) is 15.8 Å². The number of ether oxygens (including phenoxy) is 1. The van der Waals surface area contributed by atoms with Crippen molar-refractivity contribution in [2.24, 2.45) is 0 Å². The molecule has 0 saturated carbocycles. The van der Waals surface area contributed by atoms with Crippen LogP contribution in [0.2, 0.25) is 10.0 Å². The van der Waals surface area contributed by atoms with E-state index >= 15 is 0 Å². The lowest BCUT2D eigenvalue weighted by molar-refractivity contribution is -0.123. The van der Waals surface area contributed by atoms with Crippen molar-refractivity contribution in [3.8, 4) is 0 Å². The number of nitrogen functional groups attached to an aromatic ring is 1. The van der Waals surface area contributed by atoms with Gasteiger partial charge in [0, 0.05) is 10.7 Å². The normalized spacial score (nSPS) is 11.7. The predicted octanol–water partition coefficient (Wildman–Crippen LogP) is 3.90. The van der Waals surface area contributed by atoms with Crippen molar-refractivity contribution in [2.75, 3.05) is 11.1 Å². The molecule has 8 heteroatoms. The summed E-state index contributed by atoms with van der Waals surface area (Å²) in [4.78, 5) is 24.2. The maximum atomic E-state index is 12.8. The number of anilines is 2. The molecule has 0 aliphatic heterocycles. The molecule has 24 heavy (non-hydrogen) atoms. The Balaban J connectivity index is 2.06. The van der Waals surface area contributed by atoms with Crippen molar-refractivity contribution in [3.05, 3.63) is 57.8 Å². The number of halogens is 3. The highest BCUT2D eigenvalue weighted by Gasteiger charge is 2.22. The molecule has 5 nitrogen and oxygen atoms in total. The third-order valence-corrected chi connectivity index (χ3v) is 3.61. The lowest BCUT2D eigenvalue weighted by Crippen LogP contribution is -2.30. The van der Waals surface area contributed by atoms with Crippen LogP contribution in [-0.4, -0.2) is 18.0 Å². The lowest BCUT2D eigenvalue weighted by Gasteiger charge is -2.15. The smallest absolute Gasteiger partial charge is 0.341 e. The molecule has 2 aromatic carbocycles. The molecule has 0 aliphatic carbocycles. The molecule has 1 atom stereocenters. The van der Waals surface area contributed by atoms with Gasteiger partial charge in [-0.25, -0.2) is 9.18 Å². The number of hydrogen-bond acceptors (Lipinski definition) is 4. The van der Waals surface area contributed by atoms with Crippen LogP contribution in [0.1, 0.15) is 17.3 Å². The van der Waals surface area contributed by atoms with E-state index in [0.29, 0.717) is 5.69 Å². The number of esters is 1. The predicted molar refractivity (Wildman–Crippen MR) is 90.8 cm³/mol. The van der Waals surface area contributed by atoms with Crippen LogP contribution in [0.25, 0.3) is 0 Å². The maximum Gasteiger partial charge on any atom is 0.341 e. The largest absolute Gasteiger partial charge is 0.449 e. The zero-order valence-electron chi connectivity index (χ0n) is 12.5. The Hall–Kier alpha value is -2.31. The van der Waals surface area contributed by atoms with Crippen LogP contribution < -0.4 is 11.1 Å². The van der Waals surface area contributed by atoms with Crippen molar-refractivity contribution in [3.63, 3.8) is 0 Å². The summed E-state index contributed by atoms with van der Waals surface area (Å²) in [6.45, 7) is 1.39. The highest BCUT2D eigenvalue weighted by Crippen LogP contribution is 2.28. The number of rotatable bonds is 4. The SMILES string of the molecule is C[C@H](OC(=O)c1cc(Cl)cc(Cl)c1N)C(=O)Nc1ccc(F)cc1. The number of nitrogens with two attached hydrogens (primary N) is 1. The molecule has 0 fully saturated rings. The first kappa shape index (κ1) is 18.0. The van der Waals surface area contributed by atoms with Crippen molar-refractivity contribution in [2.45, 2.75) is 13.0 Å². The van der Waals surface area contributed by atoms with E-state index in [9.17, 15) is 14.0 Å². The van der Waals surface area contributed by atoms with Gasteiger partial charge >= 0.3 is 5.97 Å². The van der Waals surface area contributed by atoms with E-state index in [1.54, 1.807) is 0 Å². The minimum absolute atomic E-state index is 0.0113. The van der Waals surface area contributed by atoms with Gasteiger partial charge < -0.3 is 15.8 Å².